The number of halogens is 2. The zero-order valence-electron chi connectivity index (χ0n) is 12.6. The van der Waals surface area contributed by atoms with Crippen molar-refractivity contribution in [3.05, 3.63) is 70.0 Å². The van der Waals surface area contributed by atoms with Crippen molar-refractivity contribution in [1.82, 2.24) is 10.2 Å². The lowest BCUT2D eigenvalue weighted by atomic mass is 10.2. The van der Waals surface area contributed by atoms with E-state index in [0.29, 0.717) is 16.5 Å². The molecule has 3 rings (SSSR count). The van der Waals surface area contributed by atoms with Gasteiger partial charge in [0.1, 0.15) is 0 Å². The second kappa shape index (κ2) is 7.03. The van der Waals surface area contributed by atoms with Gasteiger partial charge in [-0.3, -0.25) is 0 Å². The van der Waals surface area contributed by atoms with Crippen LogP contribution in [0.2, 0.25) is 10.0 Å². The number of rotatable bonds is 4. The Morgan fingerprint density at radius 1 is 1.08 bits per heavy atom. The van der Waals surface area contributed by atoms with Crippen LogP contribution >= 0.6 is 23.2 Å². The molecule has 7 heteroatoms. The molecule has 122 valence electrons. The molecule has 2 aromatic carbocycles. The average Bonchev–Trinajstić information content (AvgIpc) is 3.08. The molecule has 0 aliphatic carbocycles. The van der Waals surface area contributed by atoms with Gasteiger partial charge in [0.25, 0.3) is 5.89 Å². The Morgan fingerprint density at radius 2 is 1.83 bits per heavy atom. The lowest BCUT2D eigenvalue weighted by molar-refractivity contribution is 0.0280. The molecule has 0 saturated carbocycles. The van der Waals surface area contributed by atoms with Gasteiger partial charge in [-0.05, 0) is 37.3 Å². The van der Waals surface area contributed by atoms with E-state index in [2.05, 4.69) is 10.2 Å². The summed E-state index contributed by atoms with van der Waals surface area (Å²) in [4.78, 5) is 12.2. The number of carbonyl (C=O) groups excluding carboxylic acids is 1. The van der Waals surface area contributed by atoms with Gasteiger partial charge in [0.15, 0.2) is 6.10 Å². The third kappa shape index (κ3) is 3.58. The second-order valence-electron chi connectivity index (χ2n) is 4.99. The lowest BCUT2D eigenvalue weighted by Gasteiger charge is -2.09. The van der Waals surface area contributed by atoms with E-state index in [0.717, 1.165) is 5.56 Å². The Labute approximate surface area is 148 Å². The molecule has 0 fully saturated rings. The van der Waals surface area contributed by atoms with Gasteiger partial charge in [-0.15, -0.1) is 10.2 Å². The molecule has 0 aliphatic rings. The minimum atomic E-state index is -0.697. The smallest absolute Gasteiger partial charge is 0.338 e. The van der Waals surface area contributed by atoms with Crippen LogP contribution in [0.4, 0.5) is 0 Å². The highest BCUT2D eigenvalue weighted by molar-refractivity contribution is 6.42. The van der Waals surface area contributed by atoms with Gasteiger partial charge >= 0.3 is 5.97 Å². The van der Waals surface area contributed by atoms with Crippen LogP contribution in [-0.4, -0.2) is 16.2 Å². The molecule has 0 bridgehead atoms. The first-order valence-electron chi connectivity index (χ1n) is 7.09. The number of hydrogen-bond acceptors (Lipinski definition) is 5. The molecule has 0 amide bonds. The molecule has 1 heterocycles. The summed E-state index contributed by atoms with van der Waals surface area (Å²) >= 11 is 11.7. The van der Waals surface area contributed by atoms with Gasteiger partial charge in [0.05, 0.1) is 15.6 Å². The summed E-state index contributed by atoms with van der Waals surface area (Å²) in [6, 6.07) is 13.8. The van der Waals surface area contributed by atoms with Crippen LogP contribution in [0, 0.1) is 0 Å². The van der Waals surface area contributed by atoms with Gasteiger partial charge < -0.3 is 9.15 Å². The molecule has 5 nitrogen and oxygen atoms in total. The molecule has 0 unspecified atom stereocenters. The fraction of sp³-hybridized carbons (Fsp3) is 0.118. The maximum absolute atomic E-state index is 12.2. The second-order valence-corrected chi connectivity index (χ2v) is 5.80. The van der Waals surface area contributed by atoms with Gasteiger partial charge in [0, 0.05) is 5.56 Å². The number of nitrogens with zero attached hydrogens (tertiary/aromatic N) is 2. The van der Waals surface area contributed by atoms with E-state index in [1.165, 1.54) is 18.2 Å². The largest absolute Gasteiger partial charge is 0.449 e. The third-order valence-electron chi connectivity index (χ3n) is 3.25. The van der Waals surface area contributed by atoms with Gasteiger partial charge in [-0.2, -0.15) is 0 Å². The van der Waals surface area contributed by atoms with Crippen molar-refractivity contribution in [3.8, 4) is 11.5 Å². The molecule has 0 saturated heterocycles. The van der Waals surface area contributed by atoms with Crippen LogP contribution in [0.1, 0.15) is 29.3 Å². The first-order chi connectivity index (χ1) is 11.5. The Morgan fingerprint density at radius 3 is 2.54 bits per heavy atom. The van der Waals surface area contributed by atoms with Crippen molar-refractivity contribution >= 4 is 29.2 Å². The minimum Gasteiger partial charge on any atom is -0.449 e. The molecule has 0 spiro atoms. The Bertz CT molecular complexity index is 865. The topological polar surface area (TPSA) is 65.2 Å². The summed E-state index contributed by atoms with van der Waals surface area (Å²) in [7, 11) is 0. The van der Waals surface area contributed by atoms with E-state index in [-0.39, 0.29) is 10.9 Å². The molecule has 0 radical (unpaired) electrons. The summed E-state index contributed by atoms with van der Waals surface area (Å²) in [5.41, 5.74) is 1.08. The molecule has 3 aromatic rings. The monoisotopic (exact) mass is 362 g/mol. The first kappa shape index (κ1) is 16.5. The van der Waals surface area contributed by atoms with Crippen molar-refractivity contribution in [2.75, 3.05) is 0 Å². The van der Waals surface area contributed by atoms with Crippen LogP contribution < -0.4 is 0 Å². The molecule has 24 heavy (non-hydrogen) atoms. The van der Waals surface area contributed by atoms with Gasteiger partial charge in [-0.25, -0.2) is 4.79 Å². The highest BCUT2D eigenvalue weighted by Gasteiger charge is 2.20. The normalized spacial score (nSPS) is 12.0. The van der Waals surface area contributed by atoms with Crippen molar-refractivity contribution in [3.63, 3.8) is 0 Å². The fourth-order valence-electron chi connectivity index (χ4n) is 2.00. The van der Waals surface area contributed by atoms with Crippen molar-refractivity contribution in [2.45, 2.75) is 13.0 Å². The maximum Gasteiger partial charge on any atom is 0.338 e. The number of hydrogen-bond donors (Lipinski definition) is 0. The Kier molecular flexibility index (Phi) is 4.83. The highest BCUT2D eigenvalue weighted by Crippen LogP contribution is 2.25. The summed E-state index contributed by atoms with van der Waals surface area (Å²) in [6.45, 7) is 1.65. The number of aromatic nitrogens is 2. The zero-order chi connectivity index (χ0) is 17.1. The zero-order valence-corrected chi connectivity index (χ0v) is 14.1. The number of ether oxygens (including phenoxy) is 1. The van der Waals surface area contributed by atoms with Gasteiger partial charge in [-0.1, -0.05) is 41.4 Å². The Balaban J connectivity index is 1.73. The fourth-order valence-corrected chi connectivity index (χ4v) is 2.30. The standard InChI is InChI=1S/C17H12Cl2N2O3/c1-10(23-17(22)12-7-8-13(18)14(19)9-12)15-20-21-16(24-15)11-5-3-2-4-6-11/h2-10H,1H3/t10-/m0/s1. The van der Waals surface area contributed by atoms with E-state index in [9.17, 15) is 4.79 Å². The number of carbonyl (C=O) groups is 1. The summed E-state index contributed by atoms with van der Waals surface area (Å²) in [5.74, 6) is 0.0193. The summed E-state index contributed by atoms with van der Waals surface area (Å²) < 4.78 is 10.9. The number of esters is 1. The minimum absolute atomic E-state index is 0.210. The predicted molar refractivity (Wildman–Crippen MR) is 90.0 cm³/mol. The summed E-state index contributed by atoms with van der Waals surface area (Å²) in [6.07, 6.45) is -0.697. The van der Waals surface area contributed by atoms with Crippen molar-refractivity contribution in [1.29, 1.82) is 0 Å². The predicted octanol–water partition coefficient (Wildman–Crippen LogP) is 4.96. The Hall–Kier alpha value is -2.37. The molecular weight excluding hydrogens is 351 g/mol. The SMILES string of the molecule is C[C@H](OC(=O)c1ccc(Cl)c(Cl)c1)c1nnc(-c2ccccc2)o1. The molecular formula is C17H12Cl2N2O3. The molecule has 1 aromatic heterocycles. The van der Waals surface area contributed by atoms with Crippen LogP contribution in [0.25, 0.3) is 11.5 Å². The third-order valence-corrected chi connectivity index (χ3v) is 3.99. The van der Waals surface area contributed by atoms with E-state index in [1.807, 2.05) is 30.3 Å². The van der Waals surface area contributed by atoms with Crippen molar-refractivity contribution in [2.24, 2.45) is 0 Å². The molecule has 0 aliphatic heterocycles. The number of benzene rings is 2. The average molecular weight is 363 g/mol. The van der Waals surface area contributed by atoms with E-state index < -0.39 is 12.1 Å². The van der Waals surface area contributed by atoms with Gasteiger partial charge in [0.2, 0.25) is 5.89 Å². The van der Waals surface area contributed by atoms with Crippen LogP contribution in [-0.2, 0) is 4.74 Å². The highest BCUT2D eigenvalue weighted by atomic mass is 35.5. The molecule has 0 N–H and O–H groups in total. The van der Waals surface area contributed by atoms with Crippen LogP contribution in [0.15, 0.2) is 52.9 Å². The maximum atomic E-state index is 12.2. The first-order valence-corrected chi connectivity index (χ1v) is 7.85. The van der Waals surface area contributed by atoms with Crippen molar-refractivity contribution < 1.29 is 13.9 Å². The lowest BCUT2D eigenvalue weighted by Crippen LogP contribution is -2.09. The van der Waals surface area contributed by atoms with E-state index in [1.54, 1.807) is 6.92 Å². The van der Waals surface area contributed by atoms with Crippen LogP contribution in [0.5, 0.6) is 0 Å². The van der Waals surface area contributed by atoms with E-state index in [4.69, 9.17) is 32.4 Å². The van der Waals surface area contributed by atoms with Crippen LogP contribution in [0.3, 0.4) is 0 Å². The molecule has 1 atom stereocenters. The summed E-state index contributed by atoms with van der Waals surface area (Å²) in [5, 5.41) is 8.54. The quantitative estimate of drug-likeness (QED) is 0.613. The van der Waals surface area contributed by atoms with E-state index >= 15 is 0 Å².